The lowest BCUT2D eigenvalue weighted by atomic mass is 9.62. The van der Waals surface area contributed by atoms with Crippen molar-refractivity contribution in [2.24, 2.45) is 11.3 Å². The first-order valence-corrected chi connectivity index (χ1v) is 15.9. The van der Waals surface area contributed by atoms with Gasteiger partial charge in [-0.2, -0.15) is 0 Å². The summed E-state index contributed by atoms with van der Waals surface area (Å²) in [6.45, 7) is 2.06. The van der Waals surface area contributed by atoms with E-state index in [1.165, 1.54) is 126 Å². The summed E-state index contributed by atoms with van der Waals surface area (Å²) in [6.07, 6.45) is 36.3. The van der Waals surface area contributed by atoms with Crippen LogP contribution in [0.5, 0.6) is 0 Å². The first kappa shape index (κ1) is 29.2. The number of carboxylic acids is 1. The number of carboxylic acid groups (broad SMARTS) is 1. The molecule has 0 heterocycles. The second-order valence-corrected chi connectivity index (χ2v) is 12.2. The molecule has 0 aromatic carbocycles. The van der Waals surface area contributed by atoms with Crippen molar-refractivity contribution in [3.63, 3.8) is 0 Å². The number of carbonyl (C=O) groups excluding carboxylic acids is 1. The molecular weight excluding hydrogens is 440 g/mol. The predicted molar refractivity (Wildman–Crippen MR) is 152 cm³/mol. The van der Waals surface area contributed by atoms with Crippen LogP contribution in [-0.4, -0.2) is 5.97 Å². The summed E-state index contributed by atoms with van der Waals surface area (Å²) < 4.78 is 0. The molecule has 3 aliphatic carbocycles. The minimum Gasteiger partial charge on any atom is -0.549 e. The lowest BCUT2D eigenvalue weighted by Gasteiger charge is -2.44. The standard InChI is InChI=1S/C34H56O2/c1-34(33(35)36,31-27-21-15-9-4-10-16-22-28-31)32(29-23-17-11-5-2-6-12-18-24-29)30-25-19-13-7-3-8-14-20-26-30/h23,25,27,32H,2-22,24,26,28H2,1H3,(H,35,36)/p-1/b29-23+,30-25+,31-27+. The highest BCUT2D eigenvalue weighted by Gasteiger charge is 2.42. The monoisotopic (exact) mass is 495 g/mol. The SMILES string of the molecule is CC(C(=O)[O-])(/C1=C/CCCCCCCC1)C(/C1=C/CCCCCCCC1)/C1=C/CCCCCCCC1. The molecule has 0 aliphatic heterocycles. The Morgan fingerprint density at radius 3 is 1.39 bits per heavy atom. The number of carbonyl (C=O) groups is 1. The fraction of sp³-hybridized carbons (Fsp3) is 0.794. The summed E-state index contributed by atoms with van der Waals surface area (Å²) in [5.74, 6) is -0.873. The minimum absolute atomic E-state index is 0.0319. The highest BCUT2D eigenvalue weighted by atomic mass is 16.4. The number of aliphatic carboxylic acids is 1. The van der Waals surface area contributed by atoms with E-state index in [1.54, 1.807) is 0 Å². The van der Waals surface area contributed by atoms with Gasteiger partial charge in [-0.1, -0.05) is 112 Å². The van der Waals surface area contributed by atoms with E-state index in [0.29, 0.717) is 0 Å². The van der Waals surface area contributed by atoms with E-state index in [-0.39, 0.29) is 5.92 Å². The summed E-state index contributed by atoms with van der Waals surface area (Å²) in [5, 5.41) is 13.3. The molecule has 1 unspecified atom stereocenters. The third-order valence-corrected chi connectivity index (χ3v) is 9.35. The molecule has 0 N–H and O–H groups in total. The summed E-state index contributed by atoms with van der Waals surface area (Å²) in [4.78, 5) is 13.3. The molecule has 0 amide bonds. The summed E-state index contributed by atoms with van der Waals surface area (Å²) in [7, 11) is 0. The van der Waals surface area contributed by atoms with Crippen molar-refractivity contribution in [3.8, 4) is 0 Å². The maximum atomic E-state index is 13.3. The zero-order valence-electron chi connectivity index (χ0n) is 23.6. The zero-order valence-corrected chi connectivity index (χ0v) is 23.6. The third-order valence-electron chi connectivity index (χ3n) is 9.35. The molecule has 0 bridgehead atoms. The van der Waals surface area contributed by atoms with Crippen LogP contribution in [0.1, 0.15) is 161 Å². The second kappa shape index (κ2) is 16.5. The molecule has 0 aromatic heterocycles. The largest absolute Gasteiger partial charge is 0.549 e. The molecule has 36 heavy (non-hydrogen) atoms. The van der Waals surface area contributed by atoms with Crippen LogP contribution in [0.3, 0.4) is 0 Å². The maximum Gasteiger partial charge on any atom is 0.0523 e. The fourth-order valence-corrected chi connectivity index (χ4v) is 7.10. The molecule has 0 fully saturated rings. The quantitative estimate of drug-likeness (QED) is 0.356. The summed E-state index contributed by atoms with van der Waals surface area (Å²) in [6, 6.07) is 0. The zero-order chi connectivity index (χ0) is 25.5. The van der Waals surface area contributed by atoms with Crippen LogP contribution >= 0.6 is 0 Å². The van der Waals surface area contributed by atoms with Gasteiger partial charge in [0.25, 0.3) is 0 Å². The van der Waals surface area contributed by atoms with Crippen LogP contribution in [0, 0.1) is 11.3 Å². The molecule has 0 saturated carbocycles. The molecule has 2 heteroatoms. The normalized spacial score (nSPS) is 28.8. The van der Waals surface area contributed by atoms with E-state index in [0.717, 1.165) is 44.9 Å². The van der Waals surface area contributed by atoms with E-state index in [1.807, 2.05) is 0 Å². The average Bonchev–Trinajstić information content (AvgIpc) is 2.89. The highest BCUT2D eigenvalue weighted by Crippen LogP contribution is 2.49. The van der Waals surface area contributed by atoms with E-state index < -0.39 is 11.4 Å². The van der Waals surface area contributed by atoms with Gasteiger partial charge >= 0.3 is 0 Å². The third kappa shape index (κ3) is 8.91. The Labute approximate surface area is 223 Å². The highest BCUT2D eigenvalue weighted by molar-refractivity contribution is 5.78. The molecule has 0 aromatic rings. The Hall–Kier alpha value is -1.31. The van der Waals surface area contributed by atoms with Crippen molar-refractivity contribution in [2.45, 2.75) is 161 Å². The molecule has 1 atom stereocenters. The molecule has 3 rings (SSSR count). The Kier molecular flexibility index (Phi) is 13.4. The van der Waals surface area contributed by atoms with Crippen molar-refractivity contribution in [2.75, 3.05) is 0 Å². The first-order valence-electron chi connectivity index (χ1n) is 15.9. The van der Waals surface area contributed by atoms with Crippen LogP contribution in [0.15, 0.2) is 34.9 Å². The molecular formula is C34H55O2-. The van der Waals surface area contributed by atoms with Crippen LogP contribution in [0.2, 0.25) is 0 Å². The van der Waals surface area contributed by atoms with Crippen molar-refractivity contribution in [3.05, 3.63) is 34.9 Å². The van der Waals surface area contributed by atoms with Gasteiger partial charge in [0, 0.05) is 11.3 Å². The number of allylic oxidation sites excluding steroid dienone is 5. The lowest BCUT2D eigenvalue weighted by Crippen LogP contribution is -2.48. The van der Waals surface area contributed by atoms with Crippen molar-refractivity contribution in [1.82, 2.24) is 0 Å². The van der Waals surface area contributed by atoms with Gasteiger partial charge in [-0.05, 0) is 84.0 Å². The van der Waals surface area contributed by atoms with Gasteiger partial charge in [0.1, 0.15) is 0 Å². The van der Waals surface area contributed by atoms with Gasteiger partial charge < -0.3 is 9.90 Å². The van der Waals surface area contributed by atoms with E-state index in [2.05, 4.69) is 25.2 Å². The van der Waals surface area contributed by atoms with E-state index >= 15 is 0 Å². The molecule has 3 aliphatic rings. The lowest BCUT2D eigenvalue weighted by molar-refractivity contribution is -0.317. The van der Waals surface area contributed by atoms with Crippen LogP contribution < -0.4 is 5.11 Å². The van der Waals surface area contributed by atoms with Crippen LogP contribution in [-0.2, 0) is 4.79 Å². The Morgan fingerprint density at radius 2 is 0.944 bits per heavy atom. The molecule has 0 spiro atoms. The maximum absolute atomic E-state index is 13.3. The predicted octanol–water partition coefficient (Wildman–Crippen LogP) is 9.54. The Balaban J connectivity index is 2.07. The van der Waals surface area contributed by atoms with Crippen LogP contribution in [0.25, 0.3) is 0 Å². The van der Waals surface area contributed by atoms with Gasteiger partial charge in [0.05, 0.1) is 5.97 Å². The van der Waals surface area contributed by atoms with Gasteiger partial charge in [-0.25, -0.2) is 0 Å². The van der Waals surface area contributed by atoms with Crippen molar-refractivity contribution < 1.29 is 9.90 Å². The minimum atomic E-state index is -0.939. The number of rotatable bonds is 5. The second-order valence-electron chi connectivity index (χ2n) is 12.2. The smallest absolute Gasteiger partial charge is 0.0523 e. The Bertz CT molecular complexity index is 708. The summed E-state index contributed by atoms with van der Waals surface area (Å²) in [5.41, 5.74) is 3.07. The van der Waals surface area contributed by atoms with Crippen molar-refractivity contribution >= 4 is 5.97 Å². The molecule has 204 valence electrons. The van der Waals surface area contributed by atoms with Gasteiger partial charge in [-0.3, -0.25) is 0 Å². The van der Waals surface area contributed by atoms with Gasteiger partial charge in [0.15, 0.2) is 0 Å². The molecule has 0 radical (unpaired) electrons. The topological polar surface area (TPSA) is 40.1 Å². The van der Waals surface area contributed by atoms with Gasteiger partial charge in [0.2, 0.25) is 0 Å². The Morgan fingerprint density at radius 1 is 0.583 bits per heavy atom. The van der Waals surface area contributed by atoms with E-state index in [9.17, 15) is 9.90 Å². The average molecular weight is 496 g/mol. The van der Waals surface area contributed by atoms with Crippen molar-refractivity contribution in [1.29, 1.82) is 0 Å². The van der Waals surface area contributed by atoms with Gasteiger partial charge in [-0.15, -0.1) is 0 Å². The number of hydrogen-bond acceptors (Lipinski definition) is 2. The molecule has 0 saturated heterocycles. The fourth-order valence-electron chi connectivity index (χ4n) is 7.10. The van der Waals surface area contributed by atoms with Crippen LogP contribution in [0.4, 0.5) is 0 Å². The summed E-state index contributed by atoms with van der Waals surface area (Å²) >= 11 is 0. The molecule has 2 nitrogen and oxygen atoms in total. The van der Waals surface area contributed by atoms with E-state index in [4.69, 9.17) is 0 Å². The first-order chi connectivity index (χ1) is 17.6. The number of hydrogen-bond donors (Lipinski definition) is 0.